The molecule has 2 aromatic heterocycles. The number of anilines is 1. The minimum absolute atomic E-state index is 0.0263. The van der Waals surface area contributed by atoms with Gasteiger partial charge in [0.05, 0.1) is 35.6 Å². The molecular weight excluding hydrogens is 720 g/mol. The number of piperazine rings is 1. The number of hydrogen-bond acceptors (Lipinski definition) is 7. The van der Waals surface area contributed by atoms with Gasteiger partial charge in [0.2, 0.25) is 5.88 Å². The molecule has 0 radical (unpaired) electrons. The Morgan fingerprint density at radius 3 is 2.30 bits per heavy atom. The first kappa shape index (κ1) is 38.0. The lowest BCUT2D eigenvalue weighted by molar-refractivity contribution is -0.153. The second kappa shape index (κ2) is 15.3. The van der Waals surface area contributed by atoms with Crippen LogP contribution in [-0.4, -0.2) is 76.7 Å². The lowest BCUT2D eigenvalue weighted by atomic mass is 10.1. The van der Waals surface area contributed by atoms with E-state index in [0.29, 0.717) is 37.6 Å². The average Bonchev–Trinajstić information content (AvgIpc) is 3.46. The molecule has 1 fully saturated rings. The summed E-state index contributed by atoms with van der Waals surface area (Å²) >= 11 is 0. The summed E-state index contributed by atoms with van der Waals surface area (Å²) in [4.78, 5) is 34.8. The minimum atomic E-state index is -4.59. The second-order valence-corrected chi connectivity index (χ2v) is 12.8. The Morgan fingerprint density at radius 2 is 1.65 bits per heavy atom. The molecule has 0 spiro atoms. The number of aromatic nitrogens is 2. The van der Waals surface area contributed by atoms with Crippen LogP contribution in [0.15, 0.2) is 85.1 Å². The first-order valence-electron chi connectivity index (χ1n) is 16.7. The van der Waals surface area contributed by atoms with Gasteiger partial charge in [-0.25, -0.2) is 4.98 Å². The highest BCUT2D eigenvalue weighted by Crippen LogP contribution is 2.34. The van der Waals surface area contributed by atoms with Gasteiger partial charge in [-0.05, 0) is 67.1 Å². The molecule has 1 saturated heterocycles. The molecular formula is C38H35F6N5O5. The number of carbonyl (C=O) groups is 2. The Morgan fingerprint density at radius 1 is 0.907 bits per heavy atom. The number of carbonyl (C=O) groups excluding carboxylic acids is 2. The Balaban J connectivity index is 1.05. The second-order valence-electron chi connectivity index (χ2n) is 12.8. The lowest BCUT2D eigenvalue weighted by Gasteiger charge is -2.40. The van der Waals surface area contributed by atoms with E-state index in [9.17, 15) is 35.9 Å². The third-order valence-electron chi connectivity index (χ3n) is 8.99. The summed E-state index contributed by atoms with van der Waals surface area (Å²) in [5.41, 5.74) is 1.42. The highest BCUT2D eigenvalue weighted by Gasteiger charge is 2.32. The van der Waals surface area contributed by atoms with Crippen molar-refractivity contribution in [2.45, 2.75) is 31.9 Å². The van der Waals surface area contributed by atoms with Crippen LogP contribution >= 0.6 is 0 Å². The number of methoxy groups -OCH3 is 1. The standard InChI is InChI=1S/C38H35F6N5O5/c1-23-20-49(15-14-48(23)21-24-4-9-28(10-5-24)53-22-37(39,40)41)36(51)32-16-25-6-11-29(18-31(25)47(32)2)54-34-13-8-27(19-45-34)46-35(50)30-12-7-26(38(42,43)44)17-33(30)52-3/h4-13,16-19,23H,14-15,20-22H2,1-3H3,(H,46,50). The number of fused-ring (bicyclic) bond motifs is 1. The molecule has 1 unspecified atom stereocenters. The van der Waals surface area contributed by atoms with Crippen molar-refractivity contribution in [3.63, 3.8) is 0 Å². The minimum Gasteiger partial charge on any atom is -0.496 e. The van der Waals surface area contributed by atoms with Crippen LogP contribution in [-0.2, 0) is 19.8 Å². The predicted molar refractivity (Wildman–Crippen MR) is 187 cm³/mol. The SMILES string of the molecule is COc1cc(C(F)(F)F)ccc1C(=O)Nc1ccc(Oc2ccc3cc(C(=O)N4CCN(Cc5ccc(OCC(F)(F)F)cc5)C(C)C4)n(C)c3c2)nc1. The highest BCUT2D eigenvalue weighted by molar-refractivity contribution is 6.06. The fourth-order valence-electron chi connectivity index (χ4n) is 6.13. The van der Waals surface area contributed by atoms with Crippen molar-refractivity contribution in [1.29, 1.82) is 0 Å². The zero-order valence-corrected chi connectivity index (χ0v) is 29.3. The summed E-state index contributed by atoms with van der Waals surface area (Å²) < 4.78 is 94.1. The fourth-order valence-corrected chi connectivity index (χ4v) is 6.13. The molecule has 0 saturated carbocycles. The maximum Gasteiger partial charge on any atom is 0.422 e. The molecule has 10 nitrogen and oxygen atoms in total. The third kappa shape index (κ3) is 8.87. The van der Waals surface area contributed by atoms with E-state index in [1.54, 1.807) is 40.8 Å². The zero-order valence-electron chi connectivity index (χ0n) is 29.3. The number of nitrogens with zero attached hydrogens (tertiary/aromatic N) is 4. The molecule has 6 rings (SSSR count). The first-order valence-corrected chi connectivity index (χ1v) is 16.7. The van der Waals surface area contributed by atoms with Gasteiger partial charge in [0, 0.05) is 56.8 Å². The normalized spacial score (nSPS) is 15.3. The molecule has 1 atom stereocenters. The molecule has 1 aliphatic rings. The monoisotopic (exact) mass is 755 g/mol. The summed E-state index contributed by atoms with van der Waals surface area (Å²) in [5, 5.41) is 3.41. The number of pyridine rings is 1. The van der Waals surface area contributed by atoms with Gasteiger partial charge in [-0.3, -0.25) is 14.5 Å². The van der Waals surface area contributed by atoms with Crippen molar-refractivity contribution in [2.24, 2.45) is 7.05 Å². The van der Waals surface area contributed by atoms with Gasteiger partial charge >= 0.3 is 12.4 Å². The van der Waals surface area contributed by atoms with E-state index in [1.165, 1.54) is 37.6 Å². The van der Waals surface area contributed by atoms with Gasteiger partial charge in [0.1, 0.15) is 22.9 Å². The predicted octanol–water partition coefficient (Wildman–Crippen LogP) is 7.93. The van der Waals surface area contributed by atoms with Crippen LogP contribution in [0.5, 0.6) is 23.1 Å². The summed E-state index contributed by atoms with van der Waals surface area (Å²) in [6.07, 6.45) is -7.65. The first-order chi connectivity index (χ1) is 25.6. The van der Waals surface area contributed by atoms with Gasteiger partial charge in [-0.15, -0.1) is 0 Å². The third-order valence-corrected chi connectivity index (χ3v) is 8.99. The molecule has 2 amide bonds. The quantitative estimate of drug-likeness (QED) is 0.145. The van der Waals surface area contributed by atoms with Crippen molar-refractivity contribution in [2.75, 3.05) is 38.7 Å². The van der Waals surface area contributed by atoms with Crippen molar-refractivity contribution in [3.05, 3.63) is 107 Å². The van der Waals surface area contributed by atoms with Crippen LogP contribution in [0, 0.1) is 0 Å². The van der Waals surface area contributed by atoms with E-state index in [-0.39, 0.29) is 40.6 Å². The number of amides is 2. The number of benzene rings is 3. The van der Waals surface area contributed by atoms with Gasteiger partial charge in [0.25, 0.3) is 11.8 Å². The number of hydrogen-bond donors (Lipinski definition) is 1. The van der Waals surface area contributed by atoms with E-state index < -0.39 is 30.4 Å². The maximum atomic E-state index is 13.7. The van der Waals surface area contributed by atoms with E-state index >= 15 is 0 Å². The Hall–Kier alpha value is -5.77. The number of rotatable bonds is 10. The molecule has 0 bridgehead atoms. The Labute approximate surface area is 305 Å². The van der Waals surface area contributed by atoms with Crippen LogP contribution in [0.3, 0.4) is 0 Å². The van der Waals surface area contributed by atoms with Gasteiger partial charge < -0.3 is 29.0 Å². The molecule has 3 aromatic carbocycles. The number of aryl methyl sites for hydroxylation is 1. The number of halogens is 6. The summed E-state index contributed by atoms with van der Waals surface area (Å²) in [5.74, 6) is -0.230. The van der Waals surface area contributed by atoms with Crippen molar-refractivity contribution in [1.82, 2.24) is 19.4 Å². The van der Waals surface area contributed by atoms with Crippen molar-refractivity contribution >= 4 is 28.4 Å². The molecule has 5 aromatic rings. The topological polar surface area (TPSA) is 98.2 Å². The number of alkyl halides is 6. The van der Waals surface area contributed by atoms with Crippen LogP contribution in [0.1, 0.15) is 38.9 Å². The lowest BCUT2D eigenvalue weighted by Crippen LogP contribution is -2.53. The van der Waals surface area contributed by atoms with Gasteiger partial charge in [-0.2, -0.15) is 26.3 Å². The molecule has 1 aliphatic heterocycles. The molecule has 3 heterocycles. The summed E-state index contributed by atoms with van der Waals surface area (Å²) in [7, 11) is 2.97. The van der Waals surface area contributed by atoms with E-state index in [1.807, 2.05) is 19.1 Å². The molecule has 284 valence electrons. The number of nitrogens with one attached hydrogen (secondary N) is 1. The van der Waals surface area contributed by atoms with Gasteiger partial charge in [-0.1, -0.05) is 12.1 Å². The van der Waals surface area contributed by atoms with Crippen LogP contribution in [0.25, 0.3) is 10.9 Å². The zero-order chi connectivity index (χ0) is 38.8. The van der Waals surface area contributed by atoms with Crippen LogP contribution in [0.2, 0.25) is 0 Å². The van der Waals surface area contributed by atoms with E-state index in [0.717, 1.165) is 34.7 Å². The van der Waals surface area contributed by atoms with Crippen molar-refractivity contribution < 1.29 is 50.1 Å². The highest BCUT2D eigenvalue weighted by atomic mass is 19.4. The van der Waals surface area contributed by atoms with E-state index in [2.05, 4.69) is 15.2 Å². The average molecular weight is 756 g/mol. The Kier molecular flexibility index (Phi) is 10.8. The Bertz CT molecular complexity index is 2130. The molecule has 54 heavy (non-hydrogen) atoms. The van der Waals surface area contributed by atoms with E-state index in [4.69, 9.17) is 14.2 Å². The largest absolute Gasteiger partial charge is 0.496 e. The van der Waals surface area contributed by atoms with Crippen LogP contribution < -0.4 is 19.5 Å². The molecule has 1 N–H and O–H groups in total. The fraction of sp³-hybridized carbons (Fsp3) is 0.289. The maximum absolute atomic E-state index is 13.7. The number of ether oxygens (including phenoxy) is 3. The molecule has 16 heteroatoms. The summed E-state index contributed by atoms with van der Waals surface area (Å²) in [6.45, 7) is 2.84. The van der Waals surface area contributed by atoms with Crippen molar-refractivity contribution in [3.8, 4) is 23.1 Å². The van der Waals surface area contributed by atoms with Crippen LogP contribution in [0.4, 0.5) is 32.0 Å². The summed E-state index contributed by atoms with van der Waals surface area (Å²) in [6, 6.07) is 19.4. The van der Waals surface area contributed by atoms with Gasteiger partial charge in [0.15, 0.2) is 6.61 Å². The molecule has 0 aliphatic carbocycles. The smallest absolute Gasteiger partial charge is 0.422 e.